The monoisotopic (exact) mass is 178 g/mol. The number of alkyl halides is 2. The van der Waals surface area contributed by atoms with Crippen molar-refractivity contribution in [1.82, 2.24) is 4.90 Å². The van der Waals surface area contributed by atoms with Gasteiger partial charge in [-0.2, -0.15) is 8.78 Å². The van der Waals surface area contributed by atoms with E-state index in [2.05, 4.69) is 0 Å². The molecule has 0 aromatic carbocycles. The topological polar surface area (TPSA) is 46.3 Å². The first-order chi connectivity index (χ1) is 5.54. The molecule has 1 aliphatic heterocycles. The van der Waals surface area contributed by atoms with Crippen LogP contribution >= 0.6 is 0 Å². The molecule has 70 valence electrons. The number of amides is 1. The number of nitrogens with two attached hydrogens (primary N) is 1. The van der Waals surface area contributed by atoms with Crippen molar-refractivity contribution in [2.45, 2.75) is 31.9 Å². The second-order valence-electron chi connectivity index (χ2n) is 3.03. The third kappa shape index (κ3) is 1.55. The van der Waals surface area contributed by atoms with Gasteiger partial charge in [-0.05, 0) is 13.3 Å². The fraction of sp³-hybridized carbons (Fsp3) is 0.857. The Labute approximate surface area is 69.5 Å². The summed E-state index contributed by atoms with van der Waals surface area (Å²) in [5.41, 5.74) is 5.57. The molecule has 1 fully saturated rings. The van der Waals surface area contributed by atoms with Crippen LogP contribution < -0.4 is 5.73 Å². The first kappa shape index (κ1) is 9.38. The van der Waals surface area contributed by atoms with Gasteiger partial charge in [0, 0.05) is 18.6 Å². The average molecular weight is 178 g/mol. The van der Waals surface area contributed by atoms with Crippen LogP contribution in [0.1, 0.15) is 13.3 Å². The van der Waals surface area contributed by atoms with E-state index in [4.69, 9.17) is 5.73 Å². The van der Waals surface area contributed by atoms with Gasteiger partial charge in [-0.15, -0.1) is 0 Å². The number of likely N-dealkylation sites (tertiary alicyclic amines) is 1. The normalized spacial score (nSPS) is 29.9. The van der Waals surface area contributed by atoms with Crippen LogP contribution in [0.3, 0.4) is 0 Å². The first-order valence-corrected chi connectivity index (χ1v) is 3.88. The van der Waals surface area contributed by atoms with Gasteiger partial charge in [-0.3, -0.25) is 4.79 Å². The Morgan fingerprint density at radius 2 is 2.25 bits per heavy atom. The fourth-order valence-corrected chi connectivity index (χ4v) is 1.40. The minimum atomic E-state index is -2.90. The first-order valence-electron chi connectivity index (χ1n) is 3.88. The maximum Gasteiger partial charge on any atom is 0.315 e. The van der Waals surface area contributed by atoms with E-state index >= 15 is 0 Å². The number of halogens is 2. The van der Waals surface area contributed by atoms with Crippen LogP contribution in [-0.2, 0) is 4.79 Å². The van der Waals surface area contributed by atoms with Crippen LogP contribution in [0.15, 0.2) is 0 Å². The lowest BCUT2D eigenvalue weighted by molar-refractivity contribution is -0.143. The quantitative estimate of drug-likeness (QED) is 0.623. The Kier molecular flexibility index (Phi) is 2.62. The zero-order valence-electron chi connectivity index (χ0n) is 6.84. The maximum atomic E-state index is 11.9. The summed E-state index contributed by atoms with van der Waals surface area (Å²) in [5, 5.41) is 0. The minimum Gasteiger partial charge on any atom is -0.333 e. The molecule has 1 aliphatic rings. The number of rotatable bonds is 1. The molecule has 2 N–H and O–H groups in total. The van der Waals surface area contributed by atoms with Gasteiger partial charge in [-0.25, -0.2) is 0 Å². The standard InChI is InChI=1S/C7H12F2N2O/c1-4-5(10)2-3-11(4)7(12)6(8)9/h4-6H,2-3,10H2,1H3. The summed E-state index contributed by atoms with van der Waals surface area (Å²) in [4.78, 5) is 12.0. The summed E-state index contributed by atoms with van der Waals surface area (Å²) in [6.07, 6.45) is -2.29. The number of carbonyl (C=O) groups excluding carboxylic acids is 1. The van der Waals surface area contributed by atoms with Crippen molar-refractivity contribution in [3.63, 3.8) is 0 Å². The smallest absolute Gasteiger partial charge is 0.315 e. The third-order valence-corrected chi connectivity index (χ3v) is 2.28. The number of carbonyl (C=O) groups is 1. The molecule has 0 aromatic rings. The molecule has 1 amide bonds. The molecule has 2 unspecified atom stereocenters. The summed E-state index contributed by atoms with van der Waals surface area (Å²) in [6, 6.07) is -0.417. The SMILES string of the molecule is CC1C(N)CCN1C(=O)C(F)F. The number of hydrogen-bond donors (Lipinski definition) is 1. The van der Waals surface area contributed by atoms with E-state index in [1.165, 1.54) is 0 Å². The minimum absolute atomic E-state index is 0.160. The Bertz CT molecular complexity index is 186. The van der Waals surface area contributed by atoms with Crippen molar-refractivity contribution in [3.8, 4) is 0 Å². The number of nitrogens with zero attached hydrogens (tertiary/aromatic N) is 1. The molecule has 0 spiro atoms. The molecule has 2 atom stereocenters. The highest BCUT2D eigenvalue weighted by Crippen LogP contribution is 2.17. The van der Waals surface area contributed by atoms with Crippen molar-refractivity contribution in [3.05, 3.63) is 0 Å². The molecule has 0 bridgehead atoms. The van der Waals surface area contributed by atoms with E-state index in [0.29, 0.717) is 13.0 Å². The summed E-state index contributed by atoms with van der Waals surface area (Å²) in [5.74, 6) is -1.10. The van der Waals surface area contributed by atoms with Crippen molar-refractivity contribution >= 4 is 5.91 Å². The molecule has 0 aliphatic carbocycles. The molecule has 12 heavy (non-hydrogen) atoms. The van der Waals surface area contributed by atoms with E-state index in [0.717, 1.165) is 4.90 Å². The van der Waals surface area contributed by atoms with Gasteiger partial charge in [-0.1, -0.05) is 0 Å². The predicted octanol–water partition coefficient (Wildman–Crippen LogP) is 0.200. The lowest BCUT2D eigenvalue weighted by atomic mass is 10.2. The van der Waals surface area contributed by atoms with E-state index in [-0.39, 0.29) is 12.1 Å². The van der Waals surface area contributed by atoms with Gasteiger partial charge in [0.15, 0.2) is 0 Å². The molecule has 1 heterocycles. The van der Waals surface area contributed by atoms with Crippen LogP contribution in [-0.4, -0.2) is 35.9 Å². The molecule has 1 saturated heterocycles. The highest BCUT2D eigenvalue weighted by atomic mass is 19.3. The van der Waals surface area contributed by atoms with Crippen molar-refractivity contribution in [2.24, 2.45) is 5.73 Å². The molecule has 0 radical (unpaired) electrons. The van der Waals surface area contributed by atoms with Crippen LogP contribution in [0.2, 0.25) is 0 Å². The molecule has 1 rings (SSSR count). The van der Waals surface area contributed by atoms with Crippen LogP contribution in [0.25, 0.3) is 0 Å². The lowest BCUT2D eigenvalue weighted by Gasteiger charge is -2.22. The van der Waals surface area contributed by atoms with Crippen LogP contribution in [0, 0.1) is 0 Å². The highest BCUT2D eigenvalue weighted by Gasteiger charge is 2.34. The van der Waals surface area contributed by atoms with Gasteiger partial charge < -0.3 is 10.6 Å². The van der Waals surface area contributed by atoms with E-state index in [1.54, 1.807) is 6.92 Å². The predicted molar refractivity (Wildman–Crippen MR) is 39.8 cm³/mol. The molecule has 0 saturated carbocycles. The molecule has 0 aromatic heterocycles. The Hall–Kier alpha value is -0.710. The summed E-state index contributed by atoms with van der Waals surface area (Å²) in [7, 11) is 0. The lowest BCUT2D eigenvalue weighted by Crippen LogP contribution is -2.42. The van der Waals surface area contributed by atoms with Crippen LogP contribution in [0.4, 0.5) is 8.78 Å². The van der Waals surface area contributed by atoms with Gasteiger partial charge in [0.1, 0.15) is 0 Å². The zero-order chi connectivity index (χ0) is 9.30. The highest BCUT2D eigenvalue weighted by molar-refractivity contribution is 5.80. The van der Waals surface area contributed by atoms with Gasteiger partial charge in [0.05, 0.1) is 0 Å². The Morgan fingerprint density at radius 3 is 2.58 bits per heavy atom. The van der Waals surface area contributed by atoms with Gasteiger partial charge in [0.2, 0.25) is 0 Å². The third-order valence-electron chi connectivity index (χ3n) is 2.28. The second-order valence-corrected chi connectivity index (χ2v) is 3.03. The largest absolute Gasteiger partial charge is 0.333 e. The Morgan fingerprint density at radius 1 is 1.67 bits per heavy atom. The number of hydrogen-bond acceptors (Lipinski definition) is 2. The summed E-state index contributed by atoms with van der Waals surface area (Å²) >= 11 is 0. The summed E-state index contributed by atoms with van der Waals surface area (Å²) < 4.78 is 23.9. The Balaban J connectivity index is 2.59. The van der Waals surface area contributed by atoms with Gasteiger partial charge >= 0.3 is 6.43 Å². The van der Waals surface area contributed by atoms with Crippen LogP contribution in [0.5, 0.6) is 0 Å². The molecular weight excluding hydrogens is 166 g/mol. The van der Waals surface area contributed by atoms with E-state index < -0.39 is 12.3 Å². The molecular formula is C7H12F2N2O. The van der Waals surface area contributed by atoms with Crippen molar-refractivity contribution < 1.29 is 13.6 Å². The molecule has 3 nitrogen and oxygen atoms in total. The molecule has 5 heteroatoms. The summed E-state index contributed by atoms with van der Waals surface area (Å²) in [6.45, 7) is 2.05. The average Bonchev–Trinajstić information content (AvgIpc) is 2.32. The zero-order valence-corrected chi connectivity index (χ0v) is 6.84. The maximum absolute atomic E-state index is 11.9. The van der Waals surface area contributed by atoms with E-state index in [1.807, 2.05) is 0 Å². The van der Waals surface area contributed by atoms with Crippen molar-refractivity contribution in [2.75, 3.05) is 6.54 Å². The fourth-order valence-electron chi connectivity index (χ4n) is 1.40. The van der Waals surface area contributed by atoms with E-state index in [9.17, 15) is 13.6 Å². The van der Waals surface area contributed by atoms with Crippen molar-refractivity contribution in [1.29, 1.82) is 0 Å². The van der Waals surface area contributed by atoms with Gasteiger partial charge in [0.25, 0.3) is 5.91 Å². The second kappa shape index (κ2) is 3.35.